The highest BCUT2D eigenvalue weighted by Crippen LogP contribution is 2.20. The largest absolute Gasteiger partial charge is 0.348 e. The first-order chi connectivity index (χ1) is 8.81. The Morgan fingerprint density at radius 2 is 2.21 bits per heavy atom. The van der Waals surface area contributed by atoms with Crippen LogP contribution in [0, 0.1) is 0 Å². The average molecular weight is 349 g/mol. The van der Waals surface area contributed by atoms with E-state index in [0.717, 1.165) is 0 Å². The van der Waals surface area contributed by atoms with Crippen LogP contribution in [0.1, 0.15) is 23.7 Å². The lowest BCUT2D eigenvalue weighted by Gasteiger charge is -2.16. The fraction of sp³-hybridized carbons (Fsp3) is 0.455. The van der Waals surface area contributed by atoms with E-state index in [4.69, 9.17) is 0 Å². The molecule has 1 aromatic heterocycles. The number of pyridine rings is 1. The van der Waals surface area contributed by atoms with Gasteiger partial charge in [0.1, 0.15) is 0 Å². The Bertz CT molecular complexity index is 668. The van der Waals surface area contributed by atoms with Crippen LogP contribution in [0.15, 0.2) is 21.5 Å². The van der Waals surface area contributed by atoms with Crippen molar-refractivity contribution >= 4 is 31.7 Å². The quantitative estimate of drug-likeness (QED) is 0.810. The molecule has 1 aromatic rings. The molecule has 2 rings (SSSR count). The number of carbonyl (C=O) groups excluding carboxylic acids is 1. The van der Waals surface area contributed by atoms with Gasteiger partial charge in [0.2, 0.25) is 0 Å². The highest BCUT2D eigenvalue weighted by molar-refractivity contribution is 9.10. The molecular weight excluding hydrogens is 336 g/mol. The van der Waals surface area contributed by atoms with Gasteiger partial charge in [0.15, 0.2) is 9.84 Å². The normalized spacial score (nSPS) is 25.2. The van der Waals surface area contributed by atoms with Gasteiger partial charge in [-0.05, 0) is 35.3 Å². The van der Waals surface area contributed by atoms with E-state index < -0.39 is 21.0 Å². The Hall–Kier alpha value is -1.15. The zero-order chi connectivity index (χ0) is 14.2. The van der Waals surface area contributed by atoms with E-state index >= 15 is 0 Å². The molecule has 19 heavy (non-hydrogen) atoms. The monoisotopic (exact) mass is 348 g/mol. The van der Waals surface area contributed by atoms with Gasteiger partial charge in [-0.15, -0.1) is 0 Å². The molecule has 2 heterocycles. The SMILES string of the molecule is C[C@H]1[C@@H](NC(=O)c2c[nH]c(=O)c(Br)c2)CCS1(=O)=O. The molecule has 2 N–H and O–H groups in total. The Morgan fingerprint density at radius 3 is 2.74 bits per heavy atom. The van der Waals surface area contributed by atoms with Crippen LogP contribution < -0.4 is 10.9 Å². The molecular formula is C11H13BrN2O4S. The molecule has 1 saturated heterocycles. The molecule has 1 amide bonds. The Morgan fingerprint density at radius 1 is 1.53 bits per heavy atom. The average Bonchev–Trinajstić information content (AvgIpc) is 2.60. The highest BCUT2D eigenvalue weighted by Gasteiger charge is 2.37. The Kier molecular flexibility index (Phi) is 3.82. The number of halogens is 1. The van der Waals surface area contributed by atoms with Gasteiger partial charge in [0, 0.05) is 12.2 Å². The van der Waals surface area contributed by atoms with Crippen LogP contribution in [0.5, 0.6) is 0 Å². The van der Waals surface area contributed by atoms with Crippen molar-refractivity contribution in [2.24, 2.45) is 0 Å². The number of sulfone groups is 1. The molecule has 6 nitrogen and oxygen atoms in total. The lowest BCUT2D eigenvalue weighted by molar-refractivity contribution is 0.0937. The van der Waals surface area contributed by atoms with Crippen molar-refractivity contribution in [3.8, 4) is 0 Å². The number of rotatable bonds is 2. The molecule has 0 saturated carbocycles. The molecule has 2 atom stereocenters. The maximum Gasteiger partial charge on any atom is 0.262 e. The van der Waals surface area contributed by atoms with Crippen LogP contribution in [-0.4, -0.2) is 36.4 Å². The molecule has 1 aliphatic rings. The van der Waals surface area contributed by atoms with E-state index in [1.807, 2.05) is 0 Å². The molecule has 0 aliphatic carbocycles. The van der Waals surface area contributed by atoms with E-state index in [-0.39, 0.29) is 27.4 Å². The summed E-state index contributed by atoms with van der Waals surface area (Å²) < 4.78 is 23.4. The summed E-state index contributed by atoms with van der Waals surface area (Å²) in [6, 6.07) is 1.02. The molecule has 0 aromatic carbocycles. The van der Waals surface area contributed by atoms with Gasteiger partial charge in [0.05, 0.1) is 21.0 Å². The summed E-state index contributed by atoms with van der Waals surface area (Å²) in [5.41, 5.74) is -0.0451. The second-order valence-electron chi connectivity index (χ2n) is 4.51. The van der Waals surface area contributed by atoms with Crippen molar-refractivity contribution in [2.75, 3.05) is 5.75 Å². The summed E-state index contributed by atoms with van der Waals surface area (Å²) in [6.07, 6.45) is 1.72. The van der Waals surface area contributed by atoms with E-state index in [0.29, 0.717) is 6.42 Å². The highest BCUT2D eigenvalue weighted by atomic mass is 79.9. The summed E-state index contributed by atoms with van der Waals surface area (Å²) in [4.78, 5) is 25.6. The topological polar surface area (TPSA) is 96.1 Å². The molecule has 104 valence electrons. The summed E-state index contributed by atoms with van der Waals surface area (Å²) in [5.74, 6) is -0.306. The molecule has 0 unspecified atom stereocenters. The Labute approximate surface area is 118 Å². The summed E-state index contributed by atoms with van der Waals surface area (Å²) >= 11 is 3.04. The first-order valence-corrected chi connectivity index (χ1v) is 8.23. The fourth-order valence-corrected chi connectivity index (χ4v) is 4.01. The molecule has 0 bridgehead atoms. The number of aromatic nitrogens is 1. The van der Waals surface area contributed by atoms with Crippen LogP contribution in [0.25, 0.3) is 0 Å². The standard InChI is InChI=1S/C11H13BrN2O4S/c1-6-9(2-3-19(6,17)18)14-10(15)7-4-8(12)11(16)13-5-7/h4-6,9H,2-3H2,1H3,(H,13,16)(H,14,15)/t6-,9-/m0/s1. The smallest absolute Gasteiger partial charge is 0.262 e. The summed E-state index contributed by atoms with van der Waals surface area (Å²) in [7, 11) is -3.10. The number of carbonyl (C=O) groups is 1. The van der Waals surface area contributed by atoms with E-state index in [1.165, 1.54) is 12.3 Å². The van der Waals surface area contributed by atoms with Gasteiger partial charge in [-0.3, -0.25) is 9.59 Å². The van der Waals surface area contributed by atoms with Gasteiger partial charge in [-0.25, -0.2) is 8.42 Å². The zero-order valence-electron chi connectivity index (χ0n) is 10.1. The van der Waals surface area contributed by atoms with Gasteiger partial charge >= 0.3 is 0 Å². The van der Waals surface area contributed by atoms with Crippen LogP contribution in [0.2, 0.25) is 0 Å². The molecule has 1 fully saturated rings. The van der Waals surface area contributed by atoms with E-state index in [2.05, 4.69) is 26.2 Å². The van der Waals surface area contributed by atoms with Crippen LogP contribution >= 0.6 is 15.9 Å². The predicted molar refractivity (Wildman–Crippen MR) is 73.9 cm³/mol. The van der Waals surface area contributed by atoms with Crippen LogP contribution in [0.4, 0.5) is 0 Å². The minimum absolute atomic E-state index is 0.0917. The number of hydrogen-bond acceptors (Lipinski definition) is 4. The third kappa shape index (κ3) is 2.89. The van der Waals surface area contributed by atoms with Crippen molar-refractivity contribution in [1.82, 2.24) is 10.3 Å². The lowest BCUT2D eigenvalue weighted by atomic mass is 10.1. The number of amides is 1. The van der Waals surface area contributed by atoms with E-state index in [1.54, 1.807) is 6.92 Å². The first-order valence-electron chi connectivity index (χ1n) is 5.72. The third-order valence-corrected chi connectivity index (χ3v) is 6.14. The minimum atomic E-state index is -3.10. The van der Waals surface area contributed by atoms with Crippen molar-refractivity contribution in [1.29, 1.82) is 0 Å². The minimum Gasteiger partial charge on any atom is -0.348 e. The van der Waals surface area contributed by atoms with Gasteiger partial charge in [-0.1, -0.05) is 0 Å². The molecule has 0 spiro atoms. The second-order valence-corrected chi connectivity index (χ2v) is 7.84. The number of hydrogen-bond donors (Lipinski definition) is 2. The van der Waals surface area contributed by atoms with Gasteiger partial charge < -0.3 is 10.3 Å². The van der Waals surface area contributed by atoms with Crippen molar-refractivity contribution in [3.05, 3.63) is 32.7 Å². The zero-order valence-corrected chi connectivity index (χ0v) is 12.5. The third-order valence-electron chi connectivity index (χ3n) is 3.28. The lowest BCUT2D eigenvalue weighted by Crippen LogP contribution is -2.40. The summed E-state index contributed by atoms with van der Waals surface area (Å²) in [5, 5.41) is 2.11. The first kappa shape index (κ1) is 14.3. The van der Waals surface area contributed by atoms with Crippen molar-refractivity contribution < 1.29 is 13.2 Å². The fourth-order valence-electron chi connectivity index (χ4n) is 1.99. The van der Waals surface area contributed by atoms with Crippen LogP contribution in [0.3, 0.4) is 0 Å². The number of H-pyrrole nitrogens is 1. The predicted octanol–water partition coefficient (Wildman–Crippen LogP) is 0.443. The van der Waals surface area contributed by atoms with Gasteiger partial charge in [0.25, 0.3) is 11.5 Å². The number of aromatic amines is 1. The molecule has 8 heteroatoms. The van der Waals surface area contributed by atoms with Gasteiger partial charge in [-0.2, -0.15) is 0 Å². The van der Waals surface area contributed by atoms with E-state index in [9.17, 15) is 18.0 Å². The number of nitrogens with one attached hydrogen (secondary N) is 2. The molecule has 1 aliphatic heterocycles. The maximum atomic E-state index is 12.0. The second kappa shape index (κ2) is 5.09. The van der Waals surface area contributed by atoms with Crippen LogP contribution in [-0.2, 0) is 9.84 Å². The van der Waals surface area contributed by atoms with Crippen molar-refractivity contribution in [3.63, 3.8) is 0 Å². The summed E-state index contributed by atoms with van der Waals surface area (Å²) in [6.45, 7) is 1.59. The Balaban J connectivity index is 2.14. The molecule has 0 radical (unpaired) electrons. The maximum absolute atomic E-state index is 12.0. The van der Waals surface area contributed by atoms with Crippen molar-refractivity contribution in [2.45, 2.75) is 24.6 Å².